The highest BCUT2D eigenvalue weighted by molar-refractivity contribution is 5.91. The van der Waals surface area contributed by atoms with Crippen LogP contribution in [0.4, 0.5) is 5.82 Å². The van der Waals surface area contributed by atoms with E-state index < -0.39 is 0 Å². The minimum absolute atomic E-state index is 0.123. The molecule has 0 spiro atoms. The fourth-order valence-electron chi connectivity index (χ4n) is 1.58. The Balaban J connectivity index is 1.85. The molecule has 1 aromatic rings. The van der Waals surface area contributed by atoms with Crippen molar-refractivity contribution in [3.05, 3.63) is 17.8 Å². The molecule has 1 heterocycles. The largest absolute Gasteiger partial charge is 0.369 e. The number of hydrogen-bond donors (Lipinski definition) is 1. The van der Waals surface area contributed by atoms with Crippen molar-refractivity contribution >= 4 is 11.7 Å². The standard InChI is InChI=1S/C12H18N4O/c1-16(2)12(17)10-5-6-11(15-14-10)13-8-7-9-3-4-9/h5-6,9H,3-4,7-8H2,1-2H3,(H,13,15). The van der Waals surface area contributed by atoms with Gasteiger partial charge in [-0.05, 0) is 24.5 Å². The molecule has 1 saturated carbocycles. The van der Waals surface area contributed by atoms with Gasteiger partial charge in [0, 0.05) is 20.6 Å². The van der Waals surface area contributed by atoms with Crippen LogP contribution in [0.15, 0.2) is 12.1 Å². The summed E-state index contributed by atoms with van der Waals surface area (Å²) >= 11 is 0. The van der Waals surface area contributed by atoms with E-state index in [0.29, 0.717) is 5.69 Å². The Kier molecular flexibility index (Phi) is 3.56. The number of carbonyl (C=O) groups excluding carboxylic acids is 1. The fraction of sp³-hybridized carbons (Fsp3) is 0.583. The molecule has 1 aliphatic rings. The van der Waals surface area contributed by atoms with Crippen LogP contribution in [0.1, 0.15) is 29.8 Å². The Labute approximate surface area is 101 Å². The van der Waals surface area contributed by atoms with Gasteiger partial charge in [0.15, 0.2) is 5.69 Å². The maximum absolute atomic E-state index is 11.6. The number of rotatable bonds is 5. The van der Waals surface area contributed by atoms with Gasteiger partial charge in [0.05, 0.1) is 0 Å². The van der Waals surface area contributed by atoms with Crippen LogP contribution in [0.25, 0.3) is 0 Å². The number of nitrogens with one attached hydrogen (secondary N) is 1. The third-order valence-corrected chi connectivity index (χ3v) is 2.85. The summed E-state index contributed by atoms with van der Waals surface area (Å²) in [6.45, 7) is 0.931. The molecule has 0 saturated heterocycles. The van der Waals surface area contributed by atoms with E-state index >= 15 is 0 Å². The Morgan fingerprint density at radius 3 is 2.71 bits per heavy atom. The molecule has 1 amide bonds. The first-order valence-corrected chi connectivity index (χ1v) is 5.96. The monoisotopic (exact) mass is 234 g/mol. The number of amides is 1. The van der Waals surface area contributed by atoms with Crippen molar-refractivity contribution in [2.45, 2.75) is 19.3 Å². The Morgan fingerprint density at radius 1 is 1.41 bits per heavy atom. The van der Waals surface area contributed by atoms with Crippen molar-refractivity contribution in [3.63, 3.8) is 0 Å². The molecule has 92 valence electrons. The molecule has 1 N–H and O–H groups in total. The van der Waals surface area contributed by atoms with Crippen molar-refractivity contribution in [2.24, 2.45) is 5.92 Å². The third-order valence-electron chi connectivity index (χ3n) is 2.85. The second-order valence-electron chi connectivity index (χ2n) is 4.66. The number of carbonyl (C=O) groups is 1. The normalized spacial score (nSPS) is 14.5. The van der Waals surface area contributed by atoms with Crippen LogP contribution in [0.5, 0.6) is 0 Å². The van der Waals surface area contributed by atoms with Crippen molar-refractivity contribution in [1.29, 1.82) is 0 Å². The quantitative estimate of drug-likeness (QED) is 0.836. The fourth-order valence-corrected chi connectivity index (χ4v) is 1.58. The minimum Gasteiger partial charge on any atom is -0.369 e. The number of nitrogens with zero attached hydrogens (tertiary/aromatic N) is 3. The van der Waals surface area contributed by atoms with Crippen LogP contribution in [-0.4, -0.2) is 41.6 Å². The molecule has 0 bridgehead atoms. The first-order valence-electron chi connectivity index (χ1n) is 5.96. The zero-order valence-corrected chi connectivity index (χ0v) is 10.3. The summed E-state index contributed by atoms with van der Waals surface area (Å²) in [6.07, 6.45) is 3.92. The van der Waals surface area contributed by atoms with Gasteiger partial charge in [0.25, 0.3) is 5.91 Å². The Morgan fingerprint density at radius 2 is 2.18 bits per heavy atom. The highest BCUT2D eigenvalue weighted by Crippen LogP contribution is 2.31. The van der Waals surface area contributed by atoms with Crippen LogP contribution in [0.3, 0.4) is 0 Å². The first-order chi connectivity index (χ1) is 8.16. The van der Waals surface area contributed by atoms with Crippen molar-refractivity contribution < 1.29 is 4.79 Å². The average molecular weight is 234 g/mol. The molecule has 5 heteroatoms. The van der Waals surface area contributed by atoms with Crippen LogP contribution in [-0.2, 0) is 0 Å². The lowest BCUT2D eigenvalue weighted by molar-refractivity contribution is 0.0821. The molecule has 1 aliphatic carbocycles. The molecule has 0 unspecified atom stereocenters. The average Bonchev–Trinajstić information content (AvgIpc) is 3.13. The lowest BCUT2D eigenvalue weighted by Crippen LogP contribution is -2.23. The van der Waals surface area contributed by atoms with Crippen LogP contribution < -0.4 is 5.32 Å². The summed E-state index contributed by atoms with van der Waals surface area (Å²) in [4.78, 5) is 13.1. The highest BCUT2D eigenvalue weighted by Gasteiger charge is 2.20. The number of aromatic nitrogens is 2. The topological polar surface area (TPSA) is 58.1 Å². The van der Waals surface area contributed by atoms with E-state index in [-0.39, 0.29) is 5.91 Å². The van der Waals surface area contributed by atoms with Gasteiger partial charge < -0.3 is 10.2 Å². The van der Waals surface area contributed by atoms with E-state index in [2.05, 4.69) is 15.5 Å². The molecule has 1 fully saturated rings. The minimum atomic E-state index is -0.123. The van der Waals surface area contributed by atoms with Gasteiger partial charge in [-0.25, -0.2) is 0 Å². The van der Waals surface area contributed by atoms with Gasteiger partial charge >= 0.3 is 0 Å². The van der Waals surface area contributed by atoms with E-state index in [1.54, 1.807) is 26.2 Å². The van der Waals surface area contributed by atoms with Crippen molar-refractivity contribution in [2.75, 3.05) is 26.0 Å². The molecule has 2 rings (SSSR count). The van der Waals surface area contributed by atoms with E-state index in [1.807, 2.05) is 0 Å². The molecule has 0 aromatic carbocycles. The maximum atomic E-state index is 11.6. The van der Waals surface area contributed by atoms with Gasteiger partial charge in [-0.3, -0.25) is 4.79 Å². The smallest absolute Gasteiger partial charge is 0.273 e. The molecule has 0 radical (unpaired) electrons. The van der Waals surface area contributed by atoms with Crippen LogP contribution in [0.2, 0.25) is 0 Å². The Bertz CT molecular complexity index is 384. The van der Waals surface area contributed by atoms with Crippen LogP contribution >= 0.6 is 0 Å². The van der Waals surface area contributed by atoms with Gasteiger partial charge in [0.1, 0.15) is 5.82 Å². The summed E-state index contributed by atoms with van der Waals surface area (Å²) in [5.41, 5.74) is 0.378. The summed E-state index contributed by atoms with van der Waals surface area (Å²) in [7, 11) is 3.40. The maximum Gasteiger partial charge on any atom is 0.273 e. The zero-order valence-electron chi connectivity index (χ0n) is 10.3. The number of hydrogen-bond acceptors (Lipinski definition) is 4. The van der Waals surface area contributed by atoms with Gasteiger partial charge in [0.2, 0.25) is 0 Å². The second kappa shape index (κ2) is 5.12. The second-order valence-corrected chi connectivity index (χ2v) is 4.66. The lowest BCUT2D eigenvalue weighted by atomic mass is 10.3. The SMILES string of the molecule is CN(C)C(=O)c1ccc(NCCC2CC2)nn1. The van der Waals surface area contributed by atoms with Gasteiger partial charge in [-0.15, -0.1) is 10.2 Å². The predicted octanol–water partition coefficient (Wildman–Crippen LogP) is 1.39. The van der Waals surface area contributed by atoms with Crippen LogP contribution in [0, 0.1) is 5.92 Å². The zero-order chi connectivity index (χ0) is 12.3. The summed E-state index contributed by atoms with van der Waals surface area (Å²) < 4.78 is 0. The lowest BCUT2D eigenvalue weighted by Gasteiger charge is -2.09. The summed E-state index contributed by atoms with van der Waals surface area (Å²) in [5.74, 6) is 1.52. The first kappa shape index (κ1) is 11.8. The van der Waals surface area contributed by atoms with Gasteiger partial charge in [-0.1, -0.05) is 12.8 Å². The molecule has 1 aromatic heterocycles. The van der Waals surface area contributed by atoms with E-state index in [1.165, 1.54) is 24.2 Å². The molecule has 5 nitrogen and oxygen atoms in total. The van der Waals surface area contributed by atoms with Gasteiger partial charge in [-0.2, -0.15) is 0 Å². The molecule has 0 aliphatic heterocycles. The molecular weight excluding hydrogens is 216 g/mol. The molecular formula is C12H18N4O. The van der Waals surface area contributed by atoms with Crippen molar-refractivity contribution in [3.8, 4) is 0 Å². The Hall–Kier alpha value is -1.65. The summed E-state index contributed by atoms with van der Waals surface area (Å²) in [6, 6.07) is 3.51. The molecule has 17 heavy (non-hydrogen) atoms. The van der Waals surface area contributed by atoms with E-state index in [0.717, 1.165) is 18.3 Å². The van der Waals surface area contributed by atoms with E-state index in [4.69, 9.17) is 0 Å². The predicted molar refractivity (Wildman–Crippen MR) is 65.9 cm³/mol. The van der Waals surface area contributed by atoms with Crippen molar-refractivity contribution in [1.82, 2.24) is 15.1 Å². The highest BCUT2D eigenvalue weighted by atomic mass is 16.2. The number of anilines is 1. The summed E-state index contributed by atoms with van der Waals surface area (Å²) in [5, 5.41) is 11.1. The molecule has 0 atom stereocenters. The third kappa shape index (κ3) is 3.41. The van der Waals surface area contributed by atoms with E-state index in [9.17, 15) is 4.79 Å².